The number of methoxy groups -OCH3 is 1. The number of nitrogens with zero attached hydrogens (tertiary/aromatic N) is 4. The Kier molecular flexibility index (Phi) is 6.71. The van der Waals surface area contributed by atoms with Crippen molar-refractivity contribution >= 4 is 17.9 Å². The number of para-hydroxylation sites is 1. The van der Waals surface area contributed by atoms with Gasteiger partial charge in [0.25, 0.3) is 11.8 Å². The van der Waals surface area contributed by atoms with Gasteiger partial charge in [0.15, 0.2) is 0 Å². The molecule has 8 nitrogen and oxygen atoms in total. The van der Waals surface area contributed by atoms with Gasteiger partial charge in [-0.2, -0.15) is 10.4 Å². The van der Waals surface area contributed by atoms with E-state index >= 15 is 0 Å². The molecule has 0 N–H and O–H groups in total. The lowest BCUT2D eigenvalue weighted by atomic mass is 9.93. The van der Waals surface area contributed by atoms with Crippen molar-refractivity contribution in [3.05, 3.63) is 83.1 Å². The van der Waals surface area contributed by atoms with E-state index in [1.165, 1.54) is 0 Å². The van der Waals surface area contributed by atoms with E-state index in [0.717, 1.165) is 29.0 Å². The second kappa shape index (κ2) is 10.2. The second-order valence-corrected chi connectivity index (χ2v) is 8.97. The number of ether oxygens (including phenoxy) is 2. The van der Waals surface area contributed by atoms with Crippen molar-refractivity contribution in [3.8, 4) is 28.8 Å². The smallest absolute Gasteiger partial charge is 0.271 e. The number of hydrogen-bond acceptors (Lipinski definition) is 6. The average molecular weight is 495 g/mol. The summed E-state index contributed by atoms with van der Waals surface area (Å²) in [6.07, 6.45) is 4.98. The van der Waals surface area contributed by atoms with Gasteiger partial charge in [-0.25, -0.2) is 4.68 Å². The molecule has 0 bridgehead atoms. The molecule has 2 aliphatic rings. The van der Waals surface area contributed by atoms with Crippen LogP contribution in [0.3, 0.4) is 0 Å². The van der Waals surface area contributed by atoms with Crippen LogP contribution in [0.4, 0.5) is 0 Å². The minimum absolute atomic E-state index is 0.0396. The van der Waals surface area contributed by atoms with Crippen molar-refractivity contribution < 1.29 is 19.1 Å². The Balaban J connectivity index is 1.64. The van der Waals surface area contributed by atoms with E-state index in [0.29, 0.717) is 29.2 Å². The van der Waals surface area contributed by atoms with Gasteiger partial charge in [-0.1, -0.05) is 30.3 Å². The van der Waals surface area contributed by atoms with Crippen molar-refractivity contribution in [1.29, 1.82) is 5.26 Å². The third-order valence-corrected chi connectivity index (χ3v) is 6.64. The van der Waals surface area contributed by atoms with Crippen LogP contribution in [-0.4, -0.2) is 52.9 Å². The lowest BCUT2D eigenvalue weighted by Crippen LogP contribution is -2.46. The molecule has 1 saturated heterocycles. The third kappa shape index (κ3) is 4.69. The van der Waals surface area contributed by atoms with Crippen LogP contribution < -0.4 is 4.74 Å². The first-order valence-electron chi connectivity index (χ1n) is 12.1. The summed E-state index contributed by atoms with van der Waals surface area (Å²) in [4.78, 5) is 27.8. The van der Waals surface area contributed by atoms with Crippen LogP contribution in [0.1, 0.15) is 25.3 Å². The summed E-state index contributed by atoms with van der Waals surface area (Å²) >= 11 is 0. The fourth-order valence-corrected chi connectivity index (χ4v) is 4.64. The van der Waals surface area contributed by atoms with Crippen molar-refractivity contribution in [2.75, 3.05) is 20.3 Å². The van der Waals surface area contributed by atoms with Crippen LogP contribution in [-0.2, 0) is 14.3 Å². The van der Waals surface area contributed by atoms with Gasteiger partial charge < -0.3 is 9.47 Å². The highest BCUT2D eigenvalue weighted by Crippen LogP contribution is 2.32. The Morgan fingerprint density at radius 3 is 2.68 bits per heavy atom. The molecule has 0 radical (unpaired) electrons. The predicted molar refractivity (Wildman–Crippen MR) is 138 cm³/mol. The molecule has 0 saturated carbocycles. The van der Waals surface area contributed by atoms with Crippen LogP contribution in [0, 0.1) is 11.3 Å². The summed E-state index contributed by atoms with van der Waals surface area (Å²) in [5, 5.41) is 14.6. The molecule has 0 spiro atoms. The van der Waals surface area contributed by atoms with Crippen molar-refractivity contribution in [2.45, 2.75) is 25.9 Å². The van der Waals surface area contributed by atoms with Crippen molar-refractivity contribution in [2.24, 2.45) is 0 Å². The van der Waals surface area contributed by atoms with E-state index in [-0.39, 0.29) is 23.8 Å². The Morgan fingerprint density at radius 2 is 1.97 bits per heavy atom. The minimum Gasteiger partial charge on any atom is -0.497 e. The molecule has 1 atom stereocenters. The van der Waals surface area contributed by atoms with Crippen molar-refractivity contribution in [3.63, 3.8) is 0 Å². The van der Waals surface area contributed by atoms with E-state index in [1.54, 1.807) is 24.8 Å². The summed E-state index contributed by atoms with van der Waals surface area (Å²) < 4.78 is 12.8. The zero-order valence-electron chi connectivity index (χ0n) is 20.7. The van der Waals surface area contributed by atoms with E-state index in [1.807, 2.05) is 66.9 Å². The van der Waals surface area contributed by atoms with Gasteiger partial charge in [0.1, 0.15) is 23.1 Å². The third-order valence-electron chi connectivity index (χ3n) is 6.64. The summed E-state index contributed by atoms with van der Waals surface area (Å²) in [5.74, 6) is -0.345. The zero-order chi connectivity index (χ0) is 25.9. The molecule has 3 heterocycles. The quantitative estimate of drug-likeness (QED) is 0.374. The molecule has 1 aromatic heterocycles. The summed E-state index contributed by atoms with van der Waals surface area (Å²) in [6, 6.07) is 19.2. The molecule has 37 heavy (non-hydrogen) atoms. The number of carbonyl (C=O) groups is 2. The first-order chi connectivity index (χ1) is 18.0. The lowest BCUT2D eigenvalue weighted by molar-refractivity contribution is -0.142. The number of rotatable bonds is 6. The number of amides is 2. The Bertz CT molecular complexity index is 1460. The Labute approximate surface area is 215 Å². The normalized spacial score (nSPS) is 19.0. The molecule has 0 aliphatic carbocycles. The van der Waals surface area contributed by atoms with Gasteiger partial charge >= 0.3 is 0 Å². The minimum atomic E-state index is -0.578. The molecule has 2 aliphatic heterocycles. The molecule has 1 unspecified atom stereocenters. The molecular weight excluding hydrogens is 468 g/mol. The molecule has 2 amide bonds. The molecular formula is C29H26N4O4. The largest absolute Gasteiger partial charge is 0.497 e. The lowest BCUT2D eigenvalue weighted by Gasteiger charge is -2.29. The van der Waals surface area contributed by atoms with Crippen LogP contribution in [0.15, 0.2) is 77.5 Å². The predicted octanol–water partition coefficient (Wildman–Crippen LogP) is 4.32. The van der Waals surface area contributed by atoms with E-state index in [4.69, 9.17) is 14.6 Å². The van der Waals surface area contributed by atoms with Crippen LogP contribution in [0.5, 0.6) is 5.75 Å². The fourth-order valence-electron chi connectivity index (χ4n) is 4.64. The summed E-state index contributed by atoms with van der Waals surface area (Å²) in [7, 11) is 1.60. The summed E-state index contributed by atoms with van der Waals surface area (Å²) in [6.45, 7) is 2.36. The van der Waals surface area contributed by atoms with Gasteiger partial charge in [-0.05, 0) is 55.7 Å². The molecule has 2 aromatic carbocycles. The first kappa shape index (κ1) is 24.2. The van der Waals surface area contributed by atoms with Gasteiger partial charge in [0, 0.05) is 29.5 Å². The summed E-state index contributed by atoms with van der Waals surface area (Å²) in [5.41, 5.74) is 3.56. The first-order valence-corrected chi connectivity index (χ1v) is 12.1. The van der Waals surface area contributed by atoms with E-state index < -0.39 is 11.8 Å². The standard InChI is InChI=1S/C29H26N4O4/c1-19-25(28(34)32(29(35)26(19)16-30)18-24-12-7-13-37-24)15-21-17-33(22-9-4-3-5-10-22)31-27(21)20-8-6-11-23(14-20)36-2/h3-6,8-11,14-15,17,24H,7,12-13,18H2,1-2H3/b25-15+. The van der Waals surface area contributed by atoms with Crippen LogP contribution >= 0.6 is 0 Å². The van der Waals surface area contributed by atoms with Crippen LogP contribution in [0.25, 0.3) is 23.0 Å². The second-order valence-electron chi connectivity index (χ2n) is 8.97. The van der Waals surface area contributed by atoms with E-state index in [2.05, 4.69) is 0 Å². The number of imide groups is 1. The molecule has 5 rings (SSSR count). The fraction of sp³-hybridized carbons (Fsp3) is 0.241. The van der Waals surface area contributed by atoms with Gasteiger partial charge in [0.05, 0.1) is 25.4 Å². The number of aromatic nitrogens is 2. The van der Waals surface area contributed by atoms with Gasteiger partial charge in [-0.3, -0.25) is 14.5 Å². The highest BCUT2D eigenvalue weighted by Gasteiger charge is 2.37. The molecule has 8 heteroatoms. The SMILES string of the molecule is COc1cccc(-c2nn(-c3ccccc3)cc2/C=C2/C(=O)N(CC3CCCO3)C(=O)C(C#N)=C2C)c1. The maximum absolute atomic E-state index is 13.6. The van der Waals surface area contributed by atoms with Crippen molar-refractivity contribution in [1.82, 2.24) is 14.7 Å². The van der Waals surface area contributed by atoms with E-state index in [9.17, 15) is 14.9 Å². The number of carbonyl (C=O) groups excluding carboxylic acids is 2. The number of hydrogen-bond donors (Lipinski definition) is 0. The molecule has 186 valence electrons. The molecule has 1 fully saturated rings. The average Bonchev–Trinajstić information content (AvgIpc) is 3.60. The van der Waals surface area contributed by atoms with Crippen LogP contribution in [0.2, 0.25) is 0 Å². The zero-order valence-corrected chi connectivity index (χ0v) is 20.7. The highest BCUT2D eigenvalue weighted by molar-refractivity contribution is 6.19. The monoisotopic (exact) mass is 494 g/mol. The molecule has 3 aromatic rings. The number of benzene rings is 2. The Hall–Kier alpha value is -4.48. The highest BCUT2D eigenvalue weighted by atomic mass is 16.5. The topological polar surface area (TPSA) is 97.4 Å². The Morgan fingerprint density at radius 1 is 1.16 bits per heavy atom. The van der Waals surface area contributed by atoms with Gasteiger partial charge in [-0.15, -0.1) is 0 Å². The number of nitriles is 1. The maximum Gasteiger partial charge on any atom is 0.271 e. The maximum atomic E-state index is 13.6. The van der Waals surface area contributed by atoms with Gasteiger partial charge in [0.2, 0.25) is 0 Å².